The highest BCUT2D eigenvalue weighted by atomic mass is 35.5. The van der Waals surface area contributed by atoms with Crippen LogP contribution in [0.3, 0.4) is 0 Å². The third kappa shape index (κ3) is 4.27. The lowest BCUT2D eigenvalue weighted by atomic mass is 10.00. The predicted molar refractivity (Wildman–Crippen MR) is 127 cm³/mol. The number of hydrogen-bond acceptors (Lipinski definition) is 7. The summed E-state index contributed by atoms with van der Waals surface area (Å²) in [5.74, 6) is 0.420. The number of carbonyl (C=O) groups is 1. The van der Waals surface area contributed by atoms with Gasteiger partial charge in [-0.3, -0.25) is 4.79 Å². The molecule has 0 saturated heterocycles. The van der Waals surface area contributed by atoms with Gasteiger partial charge in [0.05, 0.1) is 22.5 Å². The van der Waals surface area contributed by atoms with E-state index in [2.05, 4.69) is 20.4 Å². The van der Waals surface area contributed by atoms with Gasteiger partial charge >= 0.3 is 0 Å². The molecule has 0 unspecified atom stereocenters. The number of thiophene rings is 1. The SMILES string of the molecule is COc1nn(C)c2nc(C)c(CCC(=O)Nc3nc(-c4cc(Cl)sc4Cl)cs3)c(C)c12. The molecule has 0 radical (unpaired) electrons. The summed E-state index contributed by atoms with van der Waals surface area (Å²) >= 11 is 14.8. The number of pyridine rings is 1. The Morgan fingerprint density at radius 2 is 2.06 bits per heavy atom. The summed E-state index contributed by atoms with van der Waals surface area (Å²) in [7, 11) is 3.43. The number of methoxy groups -OCH3 is 1. The van der Waals surface area contributed by atoms with Crippen molar-refractivity contribution in [1.29, 1.82) is 0 Å². The minimum atomic E-state index is -0.118. The van der Waals surface area contributed by atoms with E-state index in [1.54, 1.807) is 17.9 Å². The van der Waals surface area contributed by atoms with Crippen molar-refractivity contribution in [3.05, 3.63) is 36.9 Å². The maximum atomic E-state index is 12.6. The van der Waals surface area contributed by atoms with Crippen molar-refractivity contribution in [3.63, 3.8) is 0 Å². The first kappa shape index (κ1) is 22.0. The lowest BCUT2D eigenvalue weighted by molar-refractivity contribution is -0.116. The smallest absolute Gasteiger partial charge is 0.242 e. The number of aromatic nitrogens is 4. The zero-order valence-corrected chi connectivity index (χ0v) is 20.4. The second-order valence-corrected chi connectivity index (χ2v) is 10.1. The number of rotatable bonds is 6. The molecule has 0 aliphatic heterocycles. The molecule has 4 heterocycles. The van der Waals surface area contributed by atoms with Gasteiger partial charge in [-0.15, -0.1) is 27.8 Å². The number of anilines is 1. The Hall–Kier alpha value is -2.20. The number of carbonyl (C=O) groups excluding carboxylic acids is 1. The average Bonchev–Trinajstić information content (AvgIpc) is 3.39. The van der Waals surface area contributed by atoms with Crippen LogP contribution in [0.2, 0.25) is 8.67 Å². The summed E-state index contributed by atoms with van der Waals surface area (Å²) in [6.45, 7) is 3.96. The highest BCUT2D eigenvalue weighted by Crippen LogP contribution is 2.39. The van der Waals surface area contributed by atoms with E-state index < -0.39 is 0 Å². The van der Waals surface area contributed by atoms with Crippen LogP contribution in [0.4, 0.5) is 5.13 Å². The summed E-state index contributed by atoms with van der Waals surface area (Å²) in [5.41, 5.74) is 5.16. The van der Waals surface area contributed by atoms with Gasteiger partial charge in [-0.05, 0) is 37.5 Å². The quantitative estimate of drug-likeness (QED) is 0.373. The van der Waals surface area contributed by atoms with Crippen LogP contribution < -0.4 is 10.1 Å². The molecule has 162 valence electrons. The molecule has 0 atom stereocenters. The summed E-state index contributed by atoms with van der Waals surface area (Å²) in [4.78, 5) is 21.7. The fourth-order valence-electron chi connectivity index (χ4n) is 3.50. The van der Waals surface area contributed by atoms with E-state index in [0.717, 1.165) is 33.4 Å². The molecule has 1 amide bonds. The van der Waals surface area contributed by atoms with Gasteiger partial charge in [0.2, 0.25) is 11.8 Å². The number of thiazole rings is 1. The largest absolute Gasteiger partial charge is 0.479 e. The minimum absolute atomic E-state index is 0.118. The highest BCUT2D eigenvalue weighted by molar-refractivity contribution is 7.20. The number of fused-ring (bicyclic) bond motifs is 1. The number of hydrogen-bond donors (Lipinski definition) is 1. The molecule has 4 aromatic rings. The normalized spacial score (nSPS) is 11.3. The number of ether oxygens (including phenoxy) is 1. The molecule has 0 aliphatic carbocycles. The fraction of sp³-hybridized carbons (Fsp3) is 0.300. The summed E-state index contributed by atoms with van der Waals surface area (Å²) in [5, 5.41) is 10.5. The van der Waals surface area contributed by atoms with E-state index in [-0.39, 0.29) is 5.91 Å². The van der Waals surface area contributed by atoms with Gasteiger partial charge in [-0.2, -0.15) is 0 Å². The summed E-state index contributed by atoms with van der Waals surface area (Å²) in [6.07, 6.45) is 0.853. The molecule has 1 N–H and O–H groups in total. The number of amides is 1. The van der Waals surface area contributed by atoms with Crippen LogP contribution in [0.25, 0.3) is 22.3 Å². The van der Waals surface area contributed by atoms with Gasteiger partial charge in [0.1, 0.15) is 4.34 Å². The Balaban J connectivity index is 1.48. The third-order valence-electron chi connectivity index (χ3n) is 5.00. The van der Waals surface area contributed by atoms with Gasteiger partial charge in [0.15, 0.2) is 10.8 Å². The lowest BCUT2D eigenvalue weighted by Crippen LogP contribution is -2.13. The second kappa shape index (κ2) is 8.74. The van der Waals surface area contributed by atoms with Crippen LogP contribution >= 0.6 is 45.9 Å². The van der Waals surface area contributed by atoms with Crippen molar-refractivity contribution in [2.45, 2.75) is 26.7 Å². The molecule has 0 aromatic carbocycles. The molecule has 11 heteroatoms. The standard InChI is InChI=1S/C20H19Cl2N5O2S2/c1-9-11(10(2)23-18-16(9)19(29-4)26-27(18)3)5-6-15(28)25-20-24-13(8-30-20)12-7-14(21)31-17(12)22/h7-8H,5-6H2,1-4H3,(H,24,25,28). The zero-order valence-electron chi connectivity index (χ0n) is 17.2. The van der Waals surface area contributed by atoms with Gasteiger partial charge < -0.3 is 10.1 Å². The Morgan fingerprint density at radius 1 is 1.29 bits per heavy atom. The first-order valence-corrected chi connectivity index (χ1v) is 11.8. The van der Waals surface area contributed by atoms with Crippen molar-refractivity contribution in [1.82, 2.24) is 19.7 Å². The van der Waals surface area contributed by atoms with Gasteiger partial charge in [-0.1, -0.05) is 23.2 Å². The Bertz CT molecular complexity index is 1290. The minimum Gasteiger partial charge on any atom is -0.479 e. The van der Waals surface area contributed by atoms with Crippen LogP contribution in [0.1, 0.15) is 23.2 Å². The zero-order chi connectivity index (χ0) is 22.3. The average molecular weight is 496 g/mol. The van der Waals surface area contributed by atoms with E-state index in [1.807, 2.05) is 26.3 Å². The Labute approximate surface area is 197 Å². The highest BCUT2D eigenvalue weighted by Gasteiger charge is 2.19. The van der Waals surface area contributed by atoms with E-state index >= 15 is 0 Å². The predicted octanol–water partition coefficient (Wildman–Crippen LogP) is 5.66. The molecular formula is C20H19Cl2N5O2S2. The second-order valence-electron chi connectivity index (χ2n) is 6.96. The molecule has 0 aliphatic rings. The number of halogens is 2. The van der Waals surface area contributed by atoms with Gasteiger partial charge in [-0.25, -0.2) is 14.6 Å². The van der Waals surface area contributed by atoms with Crippen molar-refractivity contribution in [2.75, 3.05) is 12.4 Å². The molecule has 0 fully saturated rings. The molecule has 0 saturated carbocycles. The molecule has 4 aromatic heterocycles. The number of nitrogens with one attached hydrogen (secondary N) is 1. The van der Waals surface area contributed by atoms with Crippen LogP contribution in [-0.2, 0) is 18.3 Å². The van der Waals surface area contributed by atoms with E-state index in [1.165, 1.54) is 22.7 Å². The molecule has 0 bridgehead atoms. The number of aryl methyl sites for hydroxylation is 3. The van der Waals surface area contributed by atoms with E-state index in [4.69, 9.17) is 27.9 Å². The maximum absolute atomic E-state index is 12.6. The maximum Gasteiger partial charge on any atom is 0.242 e. The van der Waals surface area contributed by atoms with Crippen molar-refractivity contribution >= 4 is 67.9 Å². The van der Waals surface area contributed by atoms with Crippen molar-refractivity contribution < 1.29 is 9.53 Å². The topological polar surface area (TPSA) is 81.9 Å². The van der Waals surface area contributed by atoms with Crippen molar-refractivity contribution in [3.8, 4) is 17.1 Å². The van der Waals surface area contributed by atoms with Gasteiger partial charge in [0, 0.05) is 30.1 Å². The van der Waals surface area contributed by atoms with Crippen molar-refractivity contribution in [2.24, 2.45) is 7.05 Å². The monoisotopic (exact) mass is 495 g/mol. The van der Waals surface area contributed by atoms with Crippen LogP contribution in [0.15, 0.2) is 11.4 Å². The fourth-order valence-corrected chi connectivity index (χ4v) is 5.71. The molecule has 7 nitrogen and oxygen atoms in total. The number of nitrogens with zero attached hydrogens (tertiary/aromatic N) is 4. The third-order valence-corrected chi connectivity index (χ3v) is 7.25. The summed E-state index contributed by atoms with van der Waals surface area (Å²) < 4.78 is 8.28. The summed E-state index contributed by atoms with van der Waals surface area (Å²) in [6, 6.07) is 1.77. The molecule has 4 rings (SSSR count). The molecular weight excluding hydrogens is 477 g/mol. The van der Waals surface area contributed by atoms with Crippen LogP contribution in [0.5, 0.6) is 5.88 Å². The van der Waals surface area contributed by atoms with E-state index in [9.17, 15) is 4.79 Å². The van der Waals surface area contributed by atoms with E-state index in [0.29, 0.717) is 38.2 Å². The Morgan fingerprint density at radius 3 is 2.74 bits per heavy atom. The lowest BCUT2D eigenvalue weighted by Gasteiger charge is -2.11. The molecule has 31 heavy (non-hydrogen) atoms. The van der Waals surface area contributed by atoms with Crippen LogP contribution in [0, 0.1) is 13.8 Å². The van der Waals surface area contributed by atoms with Gasteiger partial charge in [0.25, 0.3) is 0 Å². The van der Waals surface area contributed by atoms with Crippen LogP contribution in [-0.4, -0.2) is 32.8 Å². The molecule has 0 spiro atoms. The first-order valence-electron chi connectivity index (χ1n) is 9.35. The Kier molecular flexibility index (Phi) is 6.20. The first-order chi connectivity index (χ1) is 14.8.